The molecule has 0 heterocycles. The summed E-state index contributed by atoms with van der Waals surface area (Å²) in [4.78, 5) is 22.7. The second kappa shape index (κ2) is 36.6. The van der Waals surface area contributed by atoms with E-state index in [1.54, 1.807) is 6.08 Å². The molecule has 0 bridgehead atoms. The van der Waals surface area contributed by atoms with Crippen LogP contribution in [0.5, 0.6) is 0 Å². The minimum Gasteiger partial charge on any atom is -0.393 e. The quantitative estimate of drug-likeness (QED) is 0.0238. The van der Waals surface area contributed by atoms with E-state index in [-0.39, 0.29) is 19.6 Å². The van der Waals surface area contributed by atoms with E-state index in [2.05, 4.69) is 19.2 Å². The summed E-state index contributed by atoms with van der Waals surface area (Å²) in [5.74, 6) is -0.444. The predicted molar refractivity (Wildman–Crippen MR) is 209 cm³/mol. The Kier molecular flexibility index (Phi) is 36.0. The number of amides is 1. The highest BCUT2D eigenvalue weighted by Gasteiger charge is 2.27. The van der Waals surface area contributed by atoms with Gasteiger partial charge in [0.25, 0.3) is 0 Å². The molecule has 0 aliphatic carbocycles. The molecule has 1 amide bonds. The zero-order chi connectivity index (χ0) is 37.0. The lowest BCUT2D eigenvalue weighted by Gasteiger charge is -2.24. The number of carbonyl (C=O) groups excluding carboxylic acids is 1. The highest BCUT2D eigenvalue weighted by Crippen LogP contribution is 2.43. The molecule has 0 rings (SSSR count). The lowest BCUT2D eigenvalue weighted by Crippen LogP contribution is -2.46. The first-order chi connectivity index (χ1) is 24.3. The number of aliphatic hydroxyl groups is 2. The topological polar surface area (TPSA) is 151 Å². The second-order valence-electron chi connectivity index (χ2n) is 14.4. The van der Waals surface area contributed by atoms with Crippen molar-refractivity contribution in [3.05, 3.63) is 12.2 Å². The monoisotopic (exact) mass is 733 g/mol. The normalized spacial score (nSPS) is 14.9. The summed E-state index contributed by atoms with van der Waals surface area (Å²) >= 11 is 0. The molecule has 0 aliphatic rings. The molecule has 0 fully saturated rings. The molecule has 0 saturated heterocycles. The molecule has 9 nitrogen and oxygen atoms in total. The van der Waals surface area contributed by atoms with Gasteiger partial charge in [-0.15, -0.1) is 0 Å². The smallest absolute Gasteiger partial charge is 0.393 e. The largest absolute Gasteiger partial charge is 0.472 e. The third-order valence-corrected chi connectivity index (χ3v) is 10.4. The Hall–Kier alpha value is -0.800. The Bertz CT molecular complexity index is 817. The van der Waals surface area contributed by atoms with Gasteiger partial charge in [-0.1, -0.05) is 187 Å². The molecule has 10 heteroatoms. The van der Waals surface area contributed by atoms with Gasteiger partial charge in [-0.25, -0.2) is 4.57 Å². The maximum atomic E-state index is 12.8. The average Bonchev–Trinajstić information content (AvgIpc) is 3.09. The highest BCUT2D eigenvalue weighted by molar-refractivity contribution is 7.47. The Balaban J connectivity index is 4.27. The SMILES string of the molecule is CCCCCCCCCCC/C=C/C(O)C(COP(=O)(O)OCCN)NC(=O)CC(O)CCCCCCCCCCCCCCCCCCC. The zero-order valence-corrected chi connectivity index (χ0v) is 33.4. The van der Waals surface area contributed by atoms with Crippen LogP contribution in [0.1, 0.15) is 200 Å². The van der Waals surface area contributed by atoms with E-state index in [1.807, 2.05) is 6.08 Å². The van der Waals surface area contributed by atoms with Gasteiger partial charge in [0.15, 0.2) is 0 Å². The minimum atomic E-state index is -4.39. The number of nitrogens with two attached hydrogens (primary N) is 1. The molecule has 4 unspecified atom stereocenters. The summed E-state index contributed by atoms with van der Waals surface area (Å²) in [7, 11) is -4.39. The molecule has 0 aliphatic heterocycles. The van der Waals surface area contributed by atoms with Gasteiger partial charge in [-0.3, -0.25) is 13.8 Å². The van der Waals surface area contributed by atoms with Crippen LogP contribution in [-0.4, -0.2) is 59.0 Å². The lowest BCUT2D eigenvalue weighted by molar-refractivity contribution is -0.124. The van der Waals surface area contributed by atoms with Gasteiger partial charge in [0, 0.05) is 6.54 Å². The Labute approximate surface area is 307 Å². The molecule has 298 valence electrons. The van der Waals surface area contributed by atoms with Gasteiger partial charge in [-0.2, -0.15) is 0 Å². The molecule has 0 aromatic heterocycles. The number of nitrogens with one attached hydrogen (secondary N) is 1. The van der Waals surface area contributed by atoms with Gasteiger partial charge in [-0.05, 0) is 19.3 Å². The Morgan fingerprint density at radius 1 is 0.680 bits per heavy atom. The summed E-state index contributed by atoms with van der Waals surface area (Å²) < 4.78 is 22.0. The molecule has 0 saturated carbocycles. The number of rotatable bonds is 39. The molecular formula is C40H81N2O7P. The molecule has 6 N–H and O–H groups in total. The average molecular weight is 733 g/mol. The van der Waals surface area contributed by atoms with E-state index >= 15 is 0 Å². The third-order valence-electron chi connectivity index (χ3n) is 9.42. The second-order valence-corrected chi connectivity index (χ2v) is 15.9. The third kappa shape index (κ3) is 34.3. The summed E-state index contributed by atoms with van der Waals surface area (Å²) in [6, 6.07) is -0.976. The van der Waals surface area contributed by atoms with Crippen LogP contribution < -0.4 is 11.1 Å². The number of phosphoric acid groups is 1. The number of carbonyl (C=O) groups is 1. The maximum Gasteiger partial charge on any atom is 0.472 e. The van der Waals surface area contributed by atoms with Crippen LogP contribution in [-0.2, 0) is 18.4 Å². The Morgan fingerprint density at radius 3 is 1.54 bits per heavy atom. The summed E-state index contributed by atoms with van der Waals surface area (Å²) in [6.07, 6.45) is 35.8. The van der Waals surface area contributed by atoms with Crippen molar-refractivity contribution in [1.29, 1.82) is 0 Å². The lowest BCUT2D eigenvalue weighted by atomic mass is 10.0. The van der Waals surface area contributed by atoms with E-state index < -0.39 is 38.6 Å². The van der Waals surface area contributed by atoms with Crippen molar-refractivity contribution >= 4 is 13.7 Å². The van der Waals surface area contributed by atoms with Crippen molar-refractivity contribution in [1.82, 2.24) is 5.32 Å². The molecule has 0 spiro atoms. The van der Waals surface area contributed by atoms with Gasteiger partial charge < -0.3 is 26.2 Å². The van der Waals surface area contributed by atoms with Crippen molar-refractivity contribution in [2.45, 2.75) is 218 Å². The number of phosphoric ester groups is 1. The molecule has 50 heavy (non-hydrogen) atoms. The first-order valence-electron chi connectivity index (χ1n) is 20.9. The Morgan fingerprint density at radius 2 is 1.10 bits per heavy atom. The number of unbranched alkanes of at least 4 members (excludes halogenated alkanes) is 25. The number of hydrogen-bond donors (Lipinski definition) is 5. The summed E-state index contributed by atoms with van der Waals surface area (Å²) in [6.45, 7) is 3.96. The van der Waals surface area contributed by atoms with Crippen LogP contribution in [0.3, 0.4) is 0 Å². The fourth-order valence-corrected chi connectivity index (χ4v) is 6.99. The van der Waals surface area contributed by atoms with E-state index in [1.165, 1.54) is 135 Å². The van der Waals surface area contributed by atoms with Crippen LogP contribution in [0, 0.1) is 0 Å². The van der Waals surface area contributed by atoms with Crippen molar-refractivity contribution in [3.8, 4) is 0 Å². The van der Waals surface area contributed by atoms with Crippen LogP contribution in [0.4, 0.5) is 0 Å². The van der Waals surface area contributed by atoms with E-state index in [9.17, 15) is 24.5 Å². The molecule has 4 atom stereocenters. The van der Waals surface area contributed by atoms with E-state index in [4.69, 9.17) is 14.8 Å². The zero-order valence-electron chi connectivity index (χ0n) is 32.5. The molecule has 0 radical (unpaired) electrons. The number of hydrogen-bond acceptors (Lipinski definition) is 7. The molecule has 0 aromatic carbocycles. The first kappa shape index (κ1) is 49.2. The number of aliphatic hydroxyl groups excluding tert-OH is 2. The fraction of sp³-hybridized carbons (Fsp3) is 0.925. The van der Waals surface area contributed by atoms with Gasteiger partial charge >= 0.3 is 7.82 Å². The van der Waals surface area contributed by atoms with Gasteiger partial charge in [0.2, 0.25) is 5.91 Å². The van der Waals surface area contributed by atoms with Crippen LogP contribution >= 0.6 is 7.82 Å². The van der Waals surface area contributed by atoms with Crippen LogP contribution in [0.25, 0.3) is 0 Å². The van der Waals surface area contributed by atoms with Crippen LogP contribution in [0.2, 0.25) is 0 Å². The van der Waals surface area contributed by atoms with Crippen LogP contribution in [0.15, 0.2) is 12.2 Å². The van der Waals surface area contributed by atoms with Gasteiger partial charge in [0.1, 0.15) is 0 Å². The van der Waals surface area contributed by atoms with E-state index in [0.717, 1.165) is 38.5 Å². The maximum absolute atomic E-state index is 12.8. The first-order valence-corrected chi connectivity index (χ1v) is 22.4. The fourth-order valence-electron chi connectivity index (χ4n) is 6.23. The summed E-state index contributed by atoms with van der Waals surface area (Å²) in [5, 5.41) is 24.0. The predicted octanol–water partition coefficient (Wildman–Crippen LogP) is 10.2. The van der Waals surface area contributed by atoms with E-state index in [0.29, 0.717) is 6.42 Å². The van der Waals surface area contributed by atoms with Gasteiger partial charge in [0.05, 0.1) is 37.9 Å². The number of allylic oxidation sites excluding steroid dienone is 1. The van der Waals surface area contributed by atoms with Crippen molar-refractivity contribution in [2.24, 2.45) is 5.73 Å². The van der Waals surface area contributed by atoms with Crippen molar-refractivity contribution in [3.63, 3.8) is 0 Å². The summed E-state index contributed by atoms with van der Waals surface area (Å²) in [5.41, 5.74) is 5.35. The van der Waals surface area contributed by atoms with Crippen molar-refractivity contribution in [2.75, 3.05) is 19.8 Å². The van der Waals surface area contributed by atoms with Crippen molar-refractivity contribution < 1.29 is 33.5 Å². The minimum absolute atomic E-state index is 0.0512. The standard InChI is InChI=1S/C40H81N2O7P/c1-3-5-7-9-11-13-15-16-17-18-19-20-22-23-25-27-29-31-37(43)35-40(45)42-38(36-49-50(46,47)48-34-33-41)39(44)32-30-28-26-24-21-14-12-10-8-6-4-2/h30,32,37-39,43-44H,3-29,31,33-36,41H2,1-2H3,(H,42,45)(H,46,47)/b32-30+. The molecular weight excluding hydrogens is 651 g/mol. The highest BCUT2D eigenvalue weighted by atomic mass is 31.2. The molecule has 0 aromatic rings.